The van der Waals surface area contributed by atoms with Gasteiger partial charge >= 0.3 is 0 Å². The van der Waals surface area contributed by atoms with Crippen LogP contribution in [-0.2, 0) is 6.54 Å². The van der Waals surface area contributed by atoms with Gasteiger partial charge in [0.15, 0.2) is 0 Å². The van der Waals surface area contributed by atoms with Crippen molar-refractivity contribution >= 4 is 0 Å². The molecule has 0 spiro atoms. The molecule has 1 aliphatic heterocycles. The maximum Gasteiger partial charge on any atom is 0.119 e. The normalized spacial score (nSPS) is 21.1. The Hall–Kier alpha value is -1.14. The van der Waals surface area contributed by atoms with Gasteiger partial charge in [-0.05, 0) is 36.6 Å². The monoisotopic (exact) mass is 280 g/mol. The van der Waals surface area contributed by atoms with Crippen LogP contribution in [0.4, 0.5) is 0 Å². The van der Waals surface area contributed by atoms with E-state index in [9.17, 15) is 5.11 Å². The van der Waals surface area contributed by atoms with E-state index in [1.165, 1.54) is 0 Å². The summed E-state index contributed by atoms with van der Waals surface area (Å²) in [6.07, 6.45) is 0.492. The van der Waals surface area contributed by atoms with Crippen LogP contribution in [0.5, 0.6) is 5.75 Å². The summed E-state index contributed by atoms with van der Waals surface area (Å²) < 4.78 is 5.56. The van der Waals surface area contributed by atoms with Gasteiger partial charge in [-0.25, -0.2) is 0 Å². The molecule has 20 heavy (non-hydrogen) atoms. The third kappa shape index (κ3) is 4.45. The highest BCUT2D eigenvalue weighted by molar-refractivity contribution is 5.27. The second-order valence-electron chi connectivity index (χ2n) is 5.41. The average molecular weight is 280 g/mol. The van der Waals surface area contributed by atoms with E-state index in [1.807, 2.05) is 24.3 Å². The standard InChI is InChI=1S/C15H24N2O3/c16-7-12-1-3-15(4-2-12)20-11-14(19)9-17-6-5-13(8-17)10-18/h1-4,13-14,18-19H,5-11,16H2. The number of likely N-dealkylation sites (tertiary alicyclic amines) is 1. The molecule has 0 saturated carbocycles. The van der Waals surface area contributed by atoms with Gasteiger partial charge in [0.1, 0.15) is 18.5 Å². The van der Waals surface area contributed by atoms with E-state index >= 15 is 0 Å². The van der Waals surface area contributed by atoms with Crippen LogP contribution in [0.25, 0.3) is 0 Å². The van der Waals surface area contributed by atoms with Crippen molar-refractivity contribution in [3.05, 3.63) is 29.8 Å². The van der Waals surface area contributed by atoms with Crippen molar-refractivity contribution < 1.29 is 14.9 Å². The number of nitrogens with zero attached hydrogens (tertiary/aromatic N) is 1. The van der Waals surface area contributed by atoms with Crippen molar-refractivity contribution in [1.82, 2.24) is 4.90 Å². The van der Waals surface area contributed by atoms with Gasteiger partial charge in [-0.15, -0.1) is 0 Å². The van der Waals surface area contributed by atoms with E-state index < -0.39 is 6.10 Å². The number of hydrogen-bond donors (Lipinski definition) is 3. The molecule has 5 heteroatoms. The summed E-state index contributed by atoms with van der Waals surface area (Å²) in [7, 11) is 0. The van der Waals surface area contributed by atoms with Crippen molar-refractivity contribution in [2.45, 2.75) is 19.1 Å². The molecule has 0 radical (unpaired) electrons. The first-order valence-corrected chi connectivity index (χ1v) is 7.14. The number of β-amino-alcohol motifs (C(OH)–C–C–N with tert-alkyl or cyclic N) is 1. The van der Waals surface area contributed by atoms with Crippen LogP contribution in [0, 0.1) is 5.92 Å². The molecular formula is C15H24N2O3. The number of benzene rings is 1. The van der Waals surface area contributed by atoms with Crippen molar-refractivity contribution in [2.75, 3.05) is 32.8 Å². The smallest absolute Gasteiger partial charge is 0.119 e. The zero-order valence-corrected chi connectivity index (χ0v) is 11.7. The molecule has 1 aromatic carbocycles. The largest absolute Gasteiger partial charge is 0.491 e. The van der Waals surface area contributed by atoms with Crippen molar-refractivity contribution in [1.29, 1.82) is 0 Å². The lowest BCUT2D eigenvalue weighted by Gasteiger charge is -2.20. The average Bonchev–Trinajstić information content (AvgIpc) is 2.93. The Morgan fingerprint density at radius 3 is 2.70 bits per heavy atom. The summed E-state index contributed by atoms with van der Waals surface area (Å²) >= 11 is 0. The van der Waals surface area contributed by atoms with Crippen molar-refractivity contribution in [2.24, 2.45) is 11.7 Å². The summed E-state index contributed by atoms with van der Waals surface area (Å²) in [5, 5.41) is 19.1. The van der Waals surface area contributed by atoms with Gasteiger partial charge < -0.3 is 25.6 Å². The van der Waals surface area contributed by atoms with Crippen LogP contribution in [0.2, 0.25) is 0 Å². The number of hydrogen-bond acceptors (Lipinski definition) is 5. The molecule has 2 atom stereocenters. The summed E-state index contributed by atoms with van der Waals surface area (Å²) in [6, 6.07) is 7.58. The van der Waals surface area contributed by atoms with Gasteiger partial charge in [0.25, 0.3) is 0 Å². The number of nitrogens with two attached hydrogens (primary N) is 1. The Labute approximate surface area is 120 Å². The van der Waals surface area contributed by atoms with Crippen LogP contribution in [-0.4, -0.2) is 54.1 Å². The molecule has 2 unspecified atom stereocenters. The number of ether oxygens (including phenoxy) is 1. The number of aliphatic hydroxyl groups excluding tert-OH is 2. The number of aliphatic hydroxyl groups is 2. The molecule has 0 bridgehead atoms. The fourth-order valence-corrected chi connectivity index (χ4v) is 2.49. The predicted octanol–water partition coefficient (Wildman–Crippen LogP) is 0.199. The van der Waals surface area contributed by atoms with E-state index in [1.54, 1.807) is 0 Å². The van der Waals surface area contributed by atoms with Gasteiger partial charge in [-0.3, -0.25) is 0 Å². The summed E-state index contributed by atoms with van der Waals surface area (Å²) in [4.78, 5) is 2.17. The molecule has 1 aliphatic rings. The van der Waals surface area contributed by atoms with Crippen LogP contribution >= 0.6 is 0 Å². The lowest BCUT2D eigenvalue weighted by Crippen LogP contribution is -2.34. The zero-order chi connectivity index (χ0) is 14.4. The van der Waals surface area contributed by atoms with Gasteiger partial charge in [-0.2, -0.15) is 0 Å². The molecule has 112 valence electrons. The van der Waals surface area contributed by atoms with Crippen LogP contribution < -0.4 is 10.5 Å². The summed E-state index contributed by atoms with van der Waals surface area (Å²) in [6.45, 7) is 3.42. The molecule has 0 amide bonds. The molecule has 0 aromatic heterocycles. The molecular weight excluding hydrogens is 256 g/mol. The second kappa shape index (κ2) is 7.59. The van der Waals surface area contributed by atoms with Crippen LogP contribution in [0.15, 0.2) is 24.3 Å². The Kier molecular flexibility index (Phi) is 5.79. The van der Waals surface area contributed by atoms with Crippen LogP contribution in [0.1, 0.15) is 12.0 Å². The van der Waals surface area contributed by atoms with Gasteiger partial charge in [0.2, 0.25) is 0 Å². The highest BCUT2D eigenvalue weighted by Gasteiger charge is 2.23. The third-order valence-electron chi connectivity index (χ3n) is 3.70. The minimum atomic E-state index is -0.512. The highest BCUT2D eigenvalue weighted by atomic mass is 16.5. The molecule has 5 nitrogen and oxygen atoms in total. The minimum absolute atomic E-state index is 0.233. The Balaban J connectivity index is 1.70. The molecule has 2 rings (SSSR count). The topological polar surface area (TPSA) is 79.0 Å². The lowest BCUT2D eigenvalue weighted by atomic mass is 10.1. The second-order valence-corrected chi connectivity index (χ2v) is 5.41. The van der Waals surface area contributed by atoms with E-state index in [-0.39, 0.29) is 13.2 Å². The SMILES string of the molecule is NCc1ccc(OCC(O)CN2CCC(CO)C2)cc1. The highest BCUT2D eigenvalue weighted by Crippen LogP contribution is 2.16. The van der Waals surface area contributed by atoms with E-state index in [4.69, 9.17) is 15.6 Å². The maximum atomic E-state index is 9.98. The minimum Gasteiger partial charge on any atom is -0.491 e. The fraction of sp³-hybridized carbons (Fsp3) is 0.600. The predicted molar refractivity (Wildman–Crippen MR) is 77.5 cm³/mol. The first-order valence-electron chi connectivity index (χ1n) is 7.14. The summed E-state index contributed by atoms with van der Waals surface area (Å²) in [5.74, 6) is 1.10. The zero-order valence-electron chi connectivity index (χ0n) is 11.7. The van der Waals surface area contributed by atoms with Gasteiger partial charge in [0.05, 0.1) is 0 Å². The maximum absolute atomic E-state index is 9.98. The molecule has 0 aliphatic carbocycles. The van der Waals surface area contributed by atoms with Gasteiger partial charge in [-0.1, -0.05) is 12.1 Å². The van der Waals surface area contributed by atoms with E-state index in [0.29, 0.717) is 19.0 Å². The van der Waals surface area contributed by atoms with E-state index in [0.717, 1.165) is 30.8 Å². The first kappa shape index (κ1) is 15.3. The van der Waals surface area contributed by atoms with Crippen molar-refractivity contribution in [3.63, 3.8) is 0 Å². The fourth-order valence-electron chi connectivity index (χ4n) is 2.49. The first-order chi connectivity index (χ1) is 9.71. The van der Waals surface area contributed by atoms with Crippen LogP contribution in [0.3, 0.4) is 0 Å². The van der Waals surface area contributed by atoms with E-state index in [2.05, 4.69) is 4.90 Å². The molecule has 1 heterocycles. The number of rotatable bonds is 7. The Morgan fingerprint density at radius 2 is 2.10 bits per heavy atom. The van der Waals surface area contributed by atoms with Crippen molar-refractivity contribution in [3.8, 4) is 5.75 Å². The Bertz CT molecular complexity index is 397. The van der Waals surface area contributed by atoms with Gasteiger partial charge in [0, 0.05) is 26.2 Å². The molecule has 1 saturated heterocycles. The quantitative estimate of drug-likeness (QED) is 0.665. The molecule has 1 fully saturated rings. The molecule has 1 aromatic rings. The summed E-state index contributed by atoms with van der Waals surface area (Å²) in [5.41, 5.74) is 6.59. The lowest BCUT2D eigenvalue weighted by molar-refractivity contribution is 0.0735. The Morgan fingerprint density at radius 1 is 1.35 bits per heavy atom. The third-order valence-corrected chi connectivity index (χ3v) is 3.70. The molecule has 4 N–H and O–H groups in total.